The largest absolute Gasteiger partial charge is 0.429 e. The van der Waals surface area contributed by atoms with E-state index in [1.807, 2.05) is 0 Å². The summed E-state index contributed by atoms with van der Waals surface area (Å²) < 4.78 is 112. The molecule has 0 unspecified atom stereocenters. The predicted octanol–water partition coefficient (Wildman–Crippen LogP) is 3.51. The first-order chi connectivity index (χ1) is 8.85. The van der Waals surface area contributed by atoms with Crippen molar-refractivity contribution in [3.63, 3.8) is 0 Å². The molecule has 0 aliphatic heterocycles. The van der Waals surface area contributed by atoms with Gasteiger partial charge in [-0.2, -0.15) is 39.5 Å². The van der Waals surface area contributed by atoms with E-state index in [-0.39, 0.29) is 5.32 Å². The molecule has 0 spiro atoms. The Kier molecular flexibility index (Phi) is 4.79. The molecule has 0 aromatic carbocycles. The van der Waals surface area contributed by atoms with Crippen LogP contribution in [0.5, 0.6) is 0 Å². The third-order valence-electron chi connectivity index (χ3n) is 2.07. The molecule has 126 valence electrons. The highest BCUT2D eigenvalue weighted by Crippen LogP contribution is 2.52. The number of rotatable bonds is 1. The Hall–Kier alpha value is -1.36. The highest BCUT2D eigenvalue weighted by atomic mass is 19.4. The van der Waals surface area contributed by atoms with Gasteiger partial charge in [0, 0.05) is 5.54 Å². The Bertz CT molecular complexity index is 352. The second-order valence-electron chi connectivity index (χ2n) is 5.07. The third kappa shape index (κ3) is 4.06. The molecule has 21 heavy (non-hydrogen) atoms. The number of carbonyl (C=O) groups excluding carboxylic acids is 1. The van der Waals surface area contributed by atoms with E-state index in [1.165, 1.54) is 0 Å². The van der Waals surface area contributed by atoms with Gasteiger partial charge in [0.15, 0.2) is 0 Å². The monoisotopic (exact) mass is 334 g/mol. The van der Waals surface area contributed by atoms with E-state index < -0.39 is 35.6 Å². The van der Waals surface area contributed by atoms with E-state index in [9.17, 15) is 44.3 Å². The van der Waals surface area contributed by atoms with Gasteiger partial charge in [0.2, 0.25) is 0 Å². The number of carbonyl (C=O) groups is 1. The van der Waals surface area contributed by atoms with Crippen LogP contribution in [-0.4, -0.2) is 35.6 Å². The normalized spacial score (nSPS) is 14.9. The Labute approximate surface area is 112 Å². The molecule has 0 fully saturated rings. The summed E-state index contributed by atoms with van der Waals surface area (Å²) in [5, 5.41) is 1.52. The minimum Gasteiger partial charge on any atom is -0.334 e. The average molecular weight is 334 g/mol. The van der Waals surface area contributed by atoms with Crippen molar-refractivity contribution in [3.05, 3.63) is 0 Å². The molecule has 3 nitrogen and oxygen atoms in total. The lowest BCUT2D eigenvalue weighted by Crippen LogP contribution is -2.76. The zero-order chi connectivity index (χ0) is 17.5. The van der Waals surface area contributed by atoms with Crippen LogP contribution in [0.3, 0.4) is 0 Å². The maximum Gasteiger partial charge on any atom is 0.429 e. The predicted molar refractivity (Wildman–Crippen MR) is 52.3 cm³/mol. The molecule has 0 aromatic rings. The number of alkyl halides is 9. The number of nitrogens with one attached hydrogen (secondary N) is 2. The molecule has 0 bridgehead atoms. The van der Waals surface area contributed by atoms with E-state index in [0.29, 0.717) is 0 Å². The molecule has 0 radical (unpaired) electrons. The van der Waals surface area contributed by atoms with E-state index in [2.05, 4.69) is 0 Å². The quantitative estimate of drug-likeness (QED) is 0.708. The van der Waals surface area contributed by atoms with Crippen LogP contribution in [0, 0.1) is 0 Å². The first-order valence-electron chi connectivity index (χ1n) is 5.15. The topological polar surface area (TPSA) is 41.1 Å². The molecule has 2 amide bonds. The Morgan fingerprint density at radius 3 is 1.14 bits per heavy atom. The highest BCUT2D eigenvalue weighted by Gasteiger charge is 2.84. The number of urea groups is 1. The molecule has 0 aliphatic rings. The number of halogens is 9. The van der Waals surface area contributed by atoms with Crippen molar-refractivity contribution in [2.45, 2.75) is 50.4 Å². The van der Waals surface area contributed by atoms with Gasteiger partial charge in [0.25, 0.3) is 0 Å². The van der Waals surface area contributed by atoms with Crippen LogP contribution in [0.4, 0.5) is 44.3 Å². The lowest BCUT2D eigenvalue weighted by atomic mass is 9.97. The van der Waals surface area contributed by atoms with Crippen LogP contribution in [0.15, 0.2) is 0 Å². The molecule has 0 heterocycles. The summed E-state index contributed by atoms with van der Waals surface area (Å²) in [4.78, 5) is 11.1. The Morgan fingerprint density at radius 2 is 0.952 bits per heavy atom. The van der Waals surface area contributed by atoms with Gasteiger partial charge in [0.05, 0.1) is 0 Å². The molecule has 0 aliphatic carbocycles. The lowest BCUT2D eigenvalue weighted by Gasteiger charge is -2.39. The Morgan fingerprint density at radius 1 is 0.667 bits per heavy atom. The zero-order valence-corrected chi connectivity index (χ0v) is 10.8. The summed E-state index contributed by atoms with van der Waals surface area (Å²) in [6.07, 6.45) is -20.5. The van der Waals surface area contributed by atoms with Crippen LogP contribution < -0.4 is 10.6 Å². The molecule has 0 rings (SSSR count). The van der Waals surface area contributed by atoms with Crippen LogP contribution in [0.2, 0.25) is 0 Å². The van der Waals surface area contributed by atoms with Gasteiger partial charge in [-0.3, -0.25) is 0 Å². The fraction of sp³-hybridized carbons (Fsp3) is 0.889. The summed E-state index contributed by atoms with van der Waals surface area (Å²) in [7, 11) is 0. The minimum absolute atomic E-state index is 0.0181. The molecule has 0 saturated carbocycles. The third-order valence-corrected chi connectivity index (χ3v) is 2.07. The molecule has 0 saturated heterocycles. The van der Waals surface area contributed by atoms with Crippen LogP contribution in [-0.2, 0) is 0 Å². The van der Waals surface area contributed by atoms with Gasteiger partial charge >= 0.3 is 30.1 Å². The molecule has 2 N–H and O–H groups in total. The fourth-order valence-corrected chi connectivity index (χ4v) is 1.24. The minimum atomic E-state index is -6.83. The number of amides is 2. The average Bonchev–Trinajstić information content (AvgIpc) is 2.04. The molecular formula is C9H11F9N2O. The van der Waals surface area contributed by atoms with Crippen molar-refractivity contribution in [2.24, 2.45) is 0 Å². The zero-order valence-electron chi connectivity index (χ0n) is 10.8. The molecule has 12 heteroatoms. The van der Waals surface area contributed by atoms with Gasteiger partial charge in [-0.1, -0.05) is 0 Å². The van der Waals surface area contributed by atoms with E-state index >= 15 is 0 Å². The maximum absolute atomic E-state index is 12.5. The van der Waals surface area contributed by atoms with Gasteiger partial charge in [-0.25, -0.2) is 4.79 Å². The summed E-state index contributed by atoms with van der Waals surface area (Å²) in [5.41, 5.74) is -7.71. The summed E-state index contributed by atoms with van der Waals surface area (Å²) >= 11 is 0. The smallest absolute Gasteiger partial charge is 0.334 e. The van der Waals surface area contributed by atoms with Crippen molar-refractivity contribution in [1.82, 2.24) is 10.6 Å². The number of hydrogen-bond donors (Lipinski definition) is 2. The second kappa shape index (κ2) is 5.13. The van der Waals surface area contributed by atoms with E-state index in [0.717, 1.165) is 20.8 Å². The first-order valence-corrected chi connectivity index (χ1v) is 5.15. The maximum atomic E-state index is 12.5. The number of hydrogen-bond acceptors (Lipinski definition) is 1. The molecule has 0 atom stereocenters. The SMILES string of the molecule is CC(C)(C)NC(=O)NC(C(F)(F)F)(C(F)(F)F)C(F)(F)F. The molecule has 0 aromatic heterocycles. The first kappa shape index (κ1) is 19.6. The van der Waals surface area contributed by atoms with Crippen LogP contribution >= 0.6 is 0 Å². The summed E-state index contributed by atoms with van der Waals surface area (Å²) in [6.45, 7) is 3.47. The standard InChI is InChI=1S/C9H11F9N2O/c1-5(2,3)19-4(21)20-6(7(10,11)12,8(13,14)15)9(16,17)18/h1-3H3,(H2,19,20,21). The van der Waals surface area contributed by atoms with Crippen LogP contribution in [0.25, 0.3) is 0 Å². The van der Waals surface area contributed by atoms with Gasteiger partial charge in [0.1, 0.15) is 0 Å². The Balaban J connectivity index is 5.91. The highest BCUT2D eigenvalue weighted by molar-refractivity contribution is 5.76. The van der Waals surface area contributed by atoms with E-state index in [1.54, 1.807) is 5.32 Å². The van der Waals surface area contributed by atoms with Gasteiger partial charge < -0.3 is 10.6 Å². The fourth-order valence-electron chi connectivity index (χ4n) is 1.24. The molecular weight excluding hydrogens is 323 g/mol. The summed E-state index contributed by atoms with van der Waals surface area (Å²) in [6, 6.07) is -2.26. The van der Waals surface area contributed by atoms with Crippen molar-refractivity contribution in [2.75, 3.05) is 0 Å². The van der Waals surface area contributed by atoms with Crippen LogP contribution in [0.1, 0.15) is 20.8 Å². The van der Waals surface area contributed by atoms with Crippen molar-refractivity contribution in [1.29, 1.82) is 0 Å². The van der Waals surface area contributed by atoms with Crippen molar-refractivity contribution in [3.8, 4) is 0 Å². The van der Waals surface area contributed by atoms with Crippen molar-refractivity contribution < 1.29 is 44.3 Å². The van der Waals surface area contributed by atoms with E-state index in [4.69, 9.17) is 0 Å². The second-order valence-corrected chi connectivity index (χ2v) is 5.07. The lowest BCUT2D eigenvalue weighted by molar-refractivity contribution is -0.386. The van der Waals surface area contributed by atoms with Crippen molar-refractivity contribution >= 4 is 6.03 Å². The van der Waals surface area contributed by atoms with Gasteiger partial charge in [-0.15, -0.1) is 0 Å². The van der Waals surface area contributed by atoms with Gasteiger partial charge in [-0.05, 0) is 20.8 Å². The summed E-state index contributed by atoms with van der Waals surface area (Å²) in [5.74, 6) is 0.